The molecule has 0 spiro atoms. The highest BCUT2D eigenvalue weighted by Gasteiger charge is 2.47. The van der Waals surface area contributed by atoms with E-state index in [4.69, 9.17) is 16.7 Å². The first-order valence-corrected chi connectivity index (χ1v) is 14.7. The first kappa shape index (κ1) is 28.3. The van der Waals surface area contributed by atoms with Crippen LogP contribution in [0.25, 0.3) is 0 Å². The molecule has 38 heavy (non-hydrogen) atoms. The lowest BCUT2D eigenvalue weighted by Gasteiger charge is -2.38. The Hall–Kier alpha value is -2.69. The molecular formula is C22H24ClF2N5O6S2. The molecule has 16 heteroatoms. The first-order valence-electron chi connectivity index (χ1n) is 11.3. The third kappa shape index (κ3) is 6.47. The van der Waals surface area contributed by atoms with Gasteiger partial charge in [0.2, 0.25) is 21.8 Å². The summed E-state index contributed by atoms with van der Waals surface area (Å²) in [6.07, 6.45) is -1.20. The summed E-state index contributed by atoms with van der Waals surface area (Å²) >= 11 is 6.36. The second-order valence-electron chi connectivity index (χ2n) is 8.93. The molecule has 2 aromatic carbocycles. The number of alkyl halides is 2. The van der Waals surface area contributed by atoms with Crippen molar-refractivity contribution in [3.8, 4) is 0 Å². The molecule has 1 saturated carbocycles. The van der Waals surface area contributed by atoms with Gasteiger partial charge in [-0.2, -0.15) is 17.4 Å². The minimum Gasteiger partial charge on any atom is -0.351 e. The van der Waals surface area contributed by atoms with E-state index in [9.17, 15) is 35.2 Å². The Bertz CT molecular complexity index is 1460. The number of rotatable bonds is 10. The number of hydrogen-bond acceptors (Lipinski definition) is 6. The van der Waals surface area contributed by atoms with Crippen molar-refractivity contribution < 1.29 is 35.2 Å². The number of nitrogens with zero attached hydrogens (tertiary/aromatic N) is 2. The number of halogens is 3. The van der Waals surface area contributed by atoms with E-state index in [1.165, 1.54) is 36.4 Å². The van der Waals surface area contributed by atoms with Crippen molar-refractivity contribution in [2.75, 3.05) is 24.5 Å². The van der Waals surface area contributed by atoms with E-state index in [-0.39, 0.29) is 34.3 Å². The van der Waals surface area contributed by atoms with Gasteiger partial charge in [0, 0.05) is 48.2 Å². The molecule has 206 valence electrons. The molecule has 2 aromatic rings. The summed E-state index contributed by atoms with van der Waals surface area (Å²) in [4.78, 5) is 27.6. The third-order valence-corrected chi connectivity index (χ3v) is 8.80. The number of carbonyl (C=O) groups is 2. The summed E-state index contributed by atoms with van der Waals surface area (Å²) in [6, 6.07) is 8.34. The number of primary sulfonamides is 1. The molecule has 4 N–H and O–H groups in total. The maximum absolute atomic E-state index is 13.6. The van der Waals surface area contributed by atoms with Crippen molar-refractivity contribution in [3.05, 3.63) is 59.1 Å². The zero-order valence-corrected chi connectivity index (χ0v) is 22.1. The van der Waals surface area contributed by atoms with Gasteiger partial charge in [0.1, 0.15) is 6.04 Å². The van der Waals surface area contributed by atoms with Crippen molar-refractivity contribution in [1.29, 1.82) is 0 Å². The molecule has 1 saturated heterocycles. The fraction of sp³-hybridized carbons (Fsp3) is 0.364. The number of hydrogen-bond donors (Lipinski definition) is 3. The highest BCUT2D eigenvalue weighted by atomic mass is 35.5. The fourth-order valence-electron chi connectivity index (χ4n) is 4.00. The minimum atomic E-state index is -4.23. The lowest BCUT2D eigenvalue weighted by molar-refractivity contribution is -0.132. The van der Waals surface area contributed by atoms with E-state index in [0.717, 1.165) is 15.3 Å². The number of benzene rings is 2. The summed E-state index contributed by atoms with van der Waals surface area (Å²) in [5.74, 6) is -4.75. The Balaban J connectivity index is 1.77. The SMILES string of the molecule is NS(=O)(=O)c1cccc(N(C(=O)CNS(=O)(=O)N2CC2)[C@H](C(=O)NC2CC(F)(F)C2)c2ccccc2Cl)c1. The maximum Gasteiger partial charge on any atom is 0.280 e. The molecule has 0 bridgehead atoms. The van der Waals surface area contributed by atoms with Crippen LogP contribution < -0.4 is 20.1 Å². The second-order valence-corrected chi connectivity index (χ2v) is 12.6. The van der Waals surface area contributed by atoms with Crippen molar-refractivity contribution in [2.45, 2.75) is 35.7 Å². The molecule has 1 aliphatic carbocycles. The van der Waals surface area contributed by atoms with Gasteiger partial charge in [0.05, 0.1) is 11.4 Å². The predicted molar refractivity (Wildman–Crippen MR) is 134 cm³/mol. The van der Waals surface area contributed by atoms with Crippen molar-refractivity contribution in [2.24, 2.45) is 5.14 Å². The molecule has 2 amide bonds. The lowest BCUT2D eigenvalue weighted by Crippen LogP contribution is -2.55. The molecule has 4 rings (SSSR count). The molecule has 2 fully saturated rings. The predicted octanol–water partition coefficient (Wildman–Crippen LogP) is 1.13. The average molecular weight is 592 g/mol. The first-order chi connectivity index (χ1) is 17.7. The fourth-order valence-corrected chi connectivity index (χ4v) is 5.84. The van der Waals surface area contributed by atoms with E-state index in [2.05, 4.69) is 10.0 Å². The molecule has 0 radical (unpaired) electrons. The molecule has 1 aliphatic heterocycles. The van der Waals surface area contributed by atoms with Crippen molar-refractivity contribution >= 4 is 49.3 Å². The molecule has 11 nitrogen and oxygen atoms in total. The van der Waals surface area contributed by atoms with E-state index in [1.54, 1.807) is 6.07 Å². The number of carbonyl (C=O) groups excluding carboxylic acids is 2. The van der Waals surface area contributed by atoms with Gasteiger partial charge in [-0.25, -0.2) is 22.3 Å². The van der Waals surface area contributed by atoms with Crippen molar-refractivity contribution in [3.63, 3.8) is 0 Å². The highest BCUT2D eigenvalue weighted by Crippen LogP contribution is 2.39. The van der Waals surface area contributed by atoms with E-state index in [1.807, 2.05) is 0 Å². The Labute approximate surface area is 223 Å². The van der Waals surface area contributed by atoms with Gasteiger partial charge in [-0.1, -0.05) is 35.9 Å². The highest BCUT2D eigenvalue weighted by molar-refractivity contribution is 7.89. The Kier molecular flexibility index (Phi) is 7.80. The van der Waals surface area contributed by atoms with Gasteiger partial charge in [-0.15, -0.1) is 0 Å². The monoisotopic (exact) mass is 591 g/mol. The van der Waals surface area contributed by atoms with Crippen LogP contribution in [-0.4, -0.2) is 64.6 Å². The van der Waals surface area contributed by atoms with E-state index < -0.39 is 69.4 Å². The lowest BCUT2D eigenvalue weighted by atomic mass is 9.87. The van der Waals surface area contributed by atoms with Gasteiger partial charge in [0.15, 0.2) is 0 Å². The normalized spacial score (nSPS) is 18.3. The molecule has 1 atom stereocenters. The molecule has 0 unspecified atom stereocenters. The quantitative estimate of drug-likeness (QED) is 0.351. The van der Waals surface area contributed by atoms with E-state index in [0.29, 0.717) is 0 Å². The van der Waals surface area contributed by atoms with Crippen molar-refractivity contribution in [1.82, 2.24) is 14.3 Å². The van der Waals surface area contributed by atoms with Gasteiger partial charge in [0.25, 0.3) is 16.1 Å². The van der Waals surface area contributed by atoms with Gasteiger partial charge >= 0.3 is 0 Å². The number of sulfonamides is 1. The second kappa shape index (κ2) is 10.5. The number of nitrogens with one attached hydrogen (secondary N) is 2. The minimum absolute atomic E-state index is 0.0525. The third-order valence-electron chi connectivity index (χ3n) is 5.99. The van der Waals surface area contributed by atoms with Crippen LogP contribution in [0.5, 0.6) is 0 Å². The van der Waals surface area contributed by atoms with Gasteiger partial charge in [-0.05, 0) is 24.3 Å². The summed E-state index contributed by atoms with van der Waals surface area (Å²) in [5.41, 5.74) is -0.0210. The van der Waals surface area contributed by atoms with E-state index >= 15 is 0 Å². The molecular weight excluding hydrogens is 568 g/mol. The molecule has 2 aliphatic rings. The van der Waals surface area contributed by atoms with Crippen LogP contribution in [-0.2, 0) is 29.8 Å². The summed E-state index contributed by atoms with van der Waals surface area (Å²) in [5, 5.41) is 7.79. The summed E-state index contributed by atoms with van der Waals surface area (Å²) in [6.45, 7) is -0.241. The molecule has 1 heterocycles. The van der Waals surface area contributed by atoms with Crippen LogP contribution in [0.1, 0.15) is 24.4 Å². The van der Waals surface area contributed by atoms with Gasteiger partial charge in [-0.3, -0.25) is 14.5 Å². The summed E-state index contributed by atoms with van der Waals surface area (Å²) < 4.78 is 78.7. The summed E-state index contributed by atoms with van der Waals surface area (Å²) in [7, 11) is -8.20. The zero-order chi connectivity index (χ0) is 27.9. The zero-order valence-electron chi connectivity index (χ0n) is 19.7. The molecule has 0 aromatic heterocycles. The standard InChI is InChI=1S/C22H24ClF2N5O6S2/c23-18-7-2-1-6-17(18)20(21(32)28-14-11-22(24,25)12-14)30(15-4-3-5-16(10-15)37(26,33)34)19(31)13-27-38(35,36)29-8-9-29/h1-7,10,14,20,27H,8-9,11-13H2,(H,28,32)(H2,26,33,34)/t20-/m0/s1. The number of nitrogens with two attached hydrogens (primary N) is 1. The van der Waals surface area contributed by atoms with Crippen LogP contribution in [0.15, 0.2) is 53.4 Å². The van der Waals surface area contributed by atoms with Crippen LogP contribution in [0.2, 0.25) is 5.02 Å². The topological polar surface area (TPSA) is 159 Å². The van der Waals surface area contributed by atoms with Crippen LogP contribution in [0.4, 0.5) is 14.5 Å². The Morgan fingerprint density at radius 3 is 2.34 bits per heavy atom. The largest absolute Gasteiger partial charge is 0.351 e. The van der Waals surface area contributed by atoms with Crippen LogP contribution in [0.3, 0.4) is 0 Å². The average Bonchev–Trinajstić information content (AvgIpc) is 3.66. The maximum atomic E-state index is 13.6. The van der Waals surface area contributed by atoms with Gasteiger partial charge < -0.3 is 5.32 Å². The number of anilines is 1. The smallest absolute Gasteiger partial charge is 0.280 e. The number of amides is 2. The van der Waals surface area contributed by atoms with Crippen LogP contribution >= 0.6 is 11.6 Å². The Morgan fingerprint density at radius 1 is 1.11 bits per heavy atom. The van der Waals surface area contributed by atoms with Crippen LogP contribution in [0, 0.1) is 0 Å². The Morgan fingerprint density at radius 2 is 1.76 bits per heavy atom.